The van der Waals surface area contributed by atoms with Gasteiger partial charge < -0.3 is 14.2 Å². The highest BCUT2D eigenvalue weighted by Crippen LogP contribution is 2.66. The second kappa shape index (κ2) is 8.47. The van der Waals surface area contributed by atoms with Crippen molar-refractivity contribution >= 4 is 29.6 Å². The van der Waals surface area contributed by atoms with Gasteiger partial charge in [-0.1, -0.05) is 119 Å². The summed E-state index contributed by atoms with van der Waals surface area (Å²) in [6, 6.07) is 14.9. The zero-order valence-corrected chi connectivity index (χ0v) is 30.8. The Morgan fingerprint density at radius 2 is 0.733 bits per heavy atom. The molecule has 0 aromatic heterocycles. The fraction of sp³-hybridized carbons (Fsp3) is 0.561. The summed E-state index contributed by atoms with van der Waals surface area (Å²) in [4.78, 5) is 2.68. The average molecular weight is 604 g/mol. The van der Waals surface area contributed by atoms with Gasteiger partial charge in [-0.15, -0.1) is 0 Å². The van der Waals surface area contributed by atoms with Crippen LogP contribution in [0.25, 0.3) is 0 Å². The third kappa shape index (κ3) is 3.91. The van der Waals surface area contributed by atoms with Crippen LogP contribution in [0.3, 0.4) is 0 Å². The van der Waals surface area contributed by atoms with Crippen molar-refractivity contribution in [1.82, 2.24) is 0 Å². The maximum Gasteiger partial charge on any atom is 0.494 e. The molecular weight excluding hydrogens is 549 g/mol. The zero-order chi connectivity index (χ0) is 33.2. The molecule has 0 unspecified atom stereocenters. The number of rotatable bonds is 1. The lowest BCUT2D eigenvalue weighted by molar-refractivity contribution is 0.00578. The summed E-state index contributed by atoms with van der Waals surface area (Å²) < 4.78 is 13.4. The summed E-state index contributed by atoms with van der Waals surface area (Å²) in [5.74, 6) is 0. The predicted octanol–water partition coefficient (Wildman–Crippen LogP) is 9.97. The molecule has 0 amide bonds. The van der Waals surface area contributed by atoms with Crippen molar-refractivity contribution in [2.75, 3.05) is 4.90 Å². The van der Waals surface area contributed by atoms with Gasteiger partial charge in [-0.05, 0) is 88.5 Å². The van der Waals surface area contributed by atoms with Crippen LogP contribution in [0.4, 0.5) is 17.1 Å². The number of anilines is 3. The molecule has 0 saturated carbocycles. The van der Waals surface area contributed by atoms with Gasteiger partial charge in [-0.3, -0.25) is 0 Å². The van der Waals surface area contributed by atoms with Crippen molar-refractivity contribution in [3.63, 3.8) is 0 Å². The van der Waals surface area contributed by atoms with Crippen LogP contribution >= 0.6 is 0 Å². The van der Waals surface area contributed by atoms with Gasteiger partial charge in [0.25, 0.3) is 0 Å². The van der Waals surface area contributed by atoms with Gasteiger partial charge in [0.2, 0.25) is 0 Å². The molecule has 7 rings (SSSR count). The first-order valence-corrected chi connectivity index (χ1v) is 17.1. The fourth-order valence-electron chi connectivity index (χ4n) is 8.26. The number of nitrogens with zero attached hydrogens (tertiary/aromatic N) is 1. The lowest BCUT2D eigenvalue weighted by Gasteiger charge is -2.56. The van der Waals surface area contributed by atoms with Crippen LogP contribution in [-0.2, 0) is 36.4 Å². The van der Waals surface area contributed by atoms with E-state index in [1.54, 1.807) is 0 Å². The number of hydrogen-bond donors (Lipinski definition) is 0. The molecule has 238 valence electrons. The third-order valence-electron chi connectivity index (χ3n) is 12.3. The van der Waals surface area contributed by atoms with Crippen molar-refractivity contribution in [3.05, 3.63) is 80.9 Å². The van der Waals surface area contributed by atoms with Gasteiger partial charge in [0, 0.05) is 16.2 Å². The van der Waals surface area contributed by atoms with Gasteiger partial charge in [0.05, 0.1) is 28.3 Å². The maximum absolute atomic E-state index is 6.71. The molecule has 0 bridgehead atoms. The molecule has 45 heavy (non-hydrogen) atoms. The van der Waals surface area contributed by atoms with E-state index in [2.05, 4.69) is 152 Å². The van der Waals surface area contributed by atoms with E-state index in [4.69, 9.17) is 9.31 Å². The van der Waals surface area contributed by atoms with E-state index in [-0.39, 0.29) is 27.1 Å². The van der Waals surface area contributed by atoms with Crippen LogP contribution in [0.15, 0.2) is 36.4 Å². The highest BCUT2D eigenvalue weighted by atomic mass is 16.7. The van der Waals surface area contributed by atoms with Crippen molar-refractivity contribution in [2.24, 2.45) is 0 Å². The first kappa shape index (κ1) is 31.1. The molecule has 4 aliphatic rings. The summed E-state index contributed by atoms with van der Waals surface area (Å²) in [7, 11) is -0.417. The highest BCUT2D eigenvalue weighted by Gasteiger charge is 2.55. The smallest absolute Gasteiger partial charge is 0.399 e. The van der Waals surface area contributed by atoms with E-state index in [0.29, 0.717) is 0 Å². The van der Waals surface area contributed by atoms with Crippen LogP contribution in [0.5, 0.6) is 0 Å². The van der Waals surface area contributed by atoms with E-state index in [9.17, 15) is 0 Å². The molecule has 1 saturated heterocycles. The Bertz CT molecular complexity index is 1680. The van der Waals surface area contributed by atoms with Gasteiger partial charge in [-0.2, -0.15) is 0 Å². The Hall–Kier alpha value is -2.56. The Balaban J connectivity index is 1.63. The molecule has 4 heterocycles. The van der Waals surface area contributed by atoms with E-state index in [1.807, 2.05) is 0 Å². The summed E-state index contributed by atoms with van der Waals surface area (Å²) in [5, 5.41) is 0. The lowest BCUT2D eigenvalue weighted by Crippen LogP contribution is -2.46. The predicted molar refractivity (Wildman–Crippen MR) is 191 cm³/mol. The number of benzene rings is 3. The van der Waals surface area contributed by atoms with Crippen molar-refractivity contribution < 1.29 is 9.31 Å². The first-order chi connectivity index (χ1) is 20.3. The average Bonchev–Trinajstić information content (AvgIpc) is 3.11. The topological polar surface area (TPSA) is 21.7 Å². The summed E-state index contributed by atoms with van der Waals surface area (Å²) in [6.07, 6.45) is 0. The minimum atomic E-state index is -0.417. The van der Waals surface area contributed by atoms with Crippen LogP contribution in [0.2, 0.25) is 0 Å². The third-order valence-corrected chi connectivity index (χ3v) is 12.3. The van der Waals surface area contributed by atoms with Crippen LogP contribution in [0.1, 0.15) is 155 Å². The van der Waals surface area contributed by atoms with Crippen molar-refractivity contribution in [3.8, 4) is 0 Å². The largest absolute Gasteiger partial charge is 0.494 e. The van der Waals surface area contributed by atoms with E-state index in [1.165, 1.54) is 61.6 Å². The van der Waals surface area contributed by atoms with Gasteiger partial charge in [0.15, 0.2) is 0 Å². The van der Waals surface area contributed by atoms with Crippen molar-refractivity contribution in [1.29, 1.82) is 0 Å². The van der Waals surface area contributed by atoms with Gasteiger partial charge in [0.1, 0.15) is 0 Å². The van der Waals surface area contributed by atoms with Crippen molar-refractivity contribution in [2.45, 2.75) is 149 Å². The second-order valence-electron chi connectivity index (χ2n) is 19.1. The lowest BCUT2D eigenvalue weighted by atomic mass is 9.58. The summed E-state index contributed by atoms with van der Waals surface area (Å²) in [5.41, 5.74) is 15.1. The van der Waals surface area contributed by atoms with E-state index in [0.717, 1.165) is 5.46 Å². The minimum absolute atomic E-state index is 0.0241. The molecule has 0 N–H and O–H groups in total. The molecule has 3 aromatic carbocycles. The zero-order valence-electron chi connectivity index (χ0n) is 30.8. The van der Waals surface area contributed by atoms with Crippen LogP contribution in [-0.4, -0.2) is 18.3 Å². The minimum Gasteiger partial charge on any atom is -0.399 e. The van der Waals surface area contributed by atoms with Crippen LogP contribution < -0.4 is 10.4 Å². The molecule has 4 heteroatoms. The van der Waals surface area contributed by atoms with Gasteiger partial charge in [-0.25, -0.2) is 0 Å². The molecule has 0 aliphatic carbocycles. The summed E-state index contributed by atoms with van der Waals surface area (Å²) >= 11 is 0. The normalized spacial score (nSPS) is 22.4. The fourth-order valence-corrected chi connectivity index (χ4v) is 8.26. The molecular formula is C41H54BNO2. The number of hydrogen-bond acceptors (Lipinski definition) is 3. The molecule has 0 atom stereocenters. The Labute approximate surface area is 273 Å². The summed E-state index contributed by atoms with van der Waals surface area (Å²) in [6.45, 7) is 37.4. The molecule has 1 fully saturated rings. The molecule has 4 aliphatic heterocycles. The molecule has 3 nitrogen and oxygen atoms in total. The standard InChI is InChI=1S/C41H54BNO2/c1-35(2,3)23-17-26-32-28(19-23)38(9,10)30-21-25(42-44-40(13,14)41(15,16)45-42)22-31-34(30)43(32)33-27(37(26,7)8)18-24(36(4,5)6)20-29(33)39(31,11)12/h17-22H,1-16H3. The monoisotopic (exact) mass is 603 g/mol. The SMILES string of the molecule is CC(C)(C)c1cc2c3c(c1)C(C)(C)c1cc(C(C)(C)C)cc4c1N3c1c(cc(B3OC(C)(C)C(C)(C)O3)cc1C4(C)C)C2(C)C. The highest BCUT2D eigenvalue weighted by molar-refractivity contribution is 6.62. The van der Waals surface area contributed by atoms with Gasteiger partial charge >= 0.3 is 7.12 Å². The Kier molecular flexibility index (Phi) is 5.85. The molecule has 3 aromatic rings. The van der Waals surface area contributed by atoms with E-state index < -0.39 is 18.3 Å². The second-order valence-corrected chi connectivity index (χ2v) is 19.1. The first-order valence-electron chi connectivity index (χ1n) is 17.1. The van der Waals surface area contributed by atoms with E-state index >= 15 is 0 Å². The Morgan fingerprint density at radius 3 is 1.00 bits per heavy atom. The maximum atomic E-state index is 6.71. The quantitative estimate of drug-likeness (QED) is 0.259. The molecule has 0 spiro atoms. The van der Waals surface area contributed by atoms with Crippen LogP contribution in [0, 0.1) is 0 Å². The Morgan fingerprint density at radius 1 is 0.467 bits per heavy atom. The molecule has 0 radical (unpaired) electrons.